The predicted octanol–water partition coefficient (Wildman–Crippen LogP) is 1.89. The first-order valence-electron chi connectivity index (χ1n) is 11.1. The SMILES string of the molecule is O=C(NCc1ccc(F)cc1F)c1cn2c(c(O)c1=O)C(=O)N1[C@@H](Cc3ccc(O)cc3)CO[C@@H]1C2. The first-order valence-corrected chi connectivity index (χ1v) is 11.1. The van der Waals surface area contributed by atoms with Gasteiger partial charge in [0.05, 0.1) is 19.2 Å². The fraction of sp³-hybridized carbons (Fsp3) is 0.240. The van der Waals surface area contributed by atoms with Gasteiger partial charge in [-0.15, -0.1) is 0 Å². The Morgan fingerprint density at radius 3 is 2.58 bits per heavy atom. The molecule has 0 saturated carbocycles. The van der Waals surface area contributed by atoms with Gasteiger partial charge in [-0.3, -0.25) is 14.4 Å². The number of pyridine rings is 1. The van der Waals surface area contributed by atoms with Gasteiger partial charge in [0, 0.05) is 24.4 Å². The lowest BCUT2D eigenvalue weighted by atomic mass is 10.0. The molecule has 2 atom stereocenters. The highest BCUT2D eigenvalue weighted by Gasteiger charge is 2.44. The molecule has 186 valence electrons. The van der Waals surface area contributed by atoms with Crippen molar-refractivity contribution in [1.29, 1.82) is 0 Å². The molecule has 0 aliphatic carbocycles. The smallest absolute Gasteiger partial charge is 0.276 e. The number of fused-ring (bicyclic) bond motifs is 2. The zero-order valence-electron chi connectivity index (χ0n) is 18.8. The van der Waals surface area contributed by atoms with E-state index in [-0.39, 0.29) is 42.7 Å². The average Bonchev–Trinajstić information content (AvgIpc) is 3.24. The molecule has 2 amide bonds. The summed E-state index contributed by atoms with van der Waals surface area (Å²) >= 11 is 0. The molecule has 0 bridgehead atoms. The first kappa shape index (κ1) is 23.5. The number of aromatic hydroxyl groups is 2. The molecule has 5 rings (SSSR count). The third-order valence-electron chi connectivity index (χ3n) is 6.34. The van der Waals surface area contributed by atoms with Gasteiger partial charge in [-0.05, 0) is 30.2 Å². The number of rotatable bonds is 5. The van der Waals surface area contributed by atoms with Crippen molar-refractivity contribution in [3.05, 3.63) is 92.9 Å². The average molecular weight is 497 g/mol. The third-order valence-corrected chi connectivity index (χ3v) is 6.34. The number of halogens is 2. The minimum atomic E-state index is -1.04. The molecule has 1 fully saturated rings. The quantitative estimate of drug-likeness (QED) is 0.495. The molecular weight excluding hydrogens is 476 g/mol. The largest absolute Gasteiger partial charge is 0.508 e. The molecule has 2 aliphatic heterocycles. The van der Waals surface area contributed by atoms with E-state index in [0.29, 0.717) is 12.5 Å². The first-order chi connectivity index (χ1) is 17.2. The fourth-order valence-corrected chi connectivity index (χ4v) is 4.52. The molecule has 3 heterocycles. The van der Waals surface area contributed by atoms with Crippen LogP contribution in [0.1, 0.15) is 32.0 Å². The molecule has 3 N–H and O–H groups in total. The summed E-state index contributed by atoms with van der Waals surface area (Å²) in [6, 6.07) is 9.07. The molecule has 0 unspecified atom stereocenters. The molecule has 36 heavy (non-hydrogen) atoms. The van der Waals surface area contributed by atoms with Crippen LogP contribution in [-0.4, -0.2) is 50.4 Å². The zero-order valence-corrected chi connectivity index (χ0v) is 18.8. The molecule has 0 radical (unpaired) electrons. The van der Waals surface area contributed by atoms with Gasteiger partial charge in [-0.25, -0.2) is 8.78 Å². The number of phenols is 1. The number of hydrogen-bond acceptors (Lipinski definition) is 6. The topological polar surface area (TPSA) is 121 Å². The Balaban J connectivity index is 1.38. The van der Waals surface area contributed by atoms with Crippen molar-refractivity contribution in [2.45, 2.75) is 31.8 Å². The normalized spacial score (nSPS) is 18.6. The lowest BCUT2D eigenvalue weighted by molar-refractivity contribution is 0.00575. The van der Waals surface area contributed by atoms with E-state index in [1.165, 1.54) is 21.7 Å². The number of phenolic OH excluding ortho intramolecular Hbond substituents is 1. The van der Waals surface area contributed by atoms with Crippen LogP contribution in [0, 0.1) is 11.6 Å². The van der Waals surface area contributed by atoms with E-state index >= 15 is 0 Å². The van der Waals surface area contributed by atoms with Gasteiger partial charge in [-0.1, -0.05) is 18.2 Å². The highest BCUT2D eigenvalue weighted by molar-refractivity contribution is 5.99. The van der Waals surface area contributed by atoms with Crippen LogP contribution in [0.3, 0.4) is 0 Å². The lowest BCUT2D eigenvalue weighted by Gasteiger charge is -2.34. The van der Waals surface area contributed by atoms with Gasteiger partial charge in [0.15, 0.2) is 17.7 Å². The van der Waals surface area contributed by atoms with Gasteiger partial charge in [0.1, 0.15) is 22.9 Å². The summed E-state index contributed by atoms with van der Waals surface area (Å²) in [5.74, 6) is -3.86. The van der Waals surface area contributed by atoms with Crippen LogP contribution in [0.5, 0.6) is 11.5 Å². The number of benzene rings is 2. The van der Waals surface area contributed by atoms with Crippen LogP contribution in [-0.2, 0) is 24.2 Å². The summed E-state index contributed by atoms with van der Waals surface area (Å²) in [6.07, 6.45) is 0.936. The molecule has 2 aromatic carbocycles. The highest BCUT2D eigenvalue weighted by Crippen LogP contribution is 2.31. The van der Waals surface area contributed by atoms with E-state index in [9.17, 15) is 33.4 Å². The number of carbonyl (C=O) groups excluding carboxylic acids is 2. The highest BCUT2D eigenvalue weighted by atomic mass is 19.1. The van der Waals surface area contributed by atoms with Crippen LogP contribution in [0.15, 0.2) is 53.5 Å². The van der Waals surface area contributed by atoms with Gasteiger partial charge in [0.25, 0.3) is 11.8 Å². The van der Waals surface area contributed by atoms with Crippen molar-refractivity contribution < 1.29 is 33.3 Å². The predicted molar refractivity (Wildman–Crippen MR) is 121 cm³/mol. The second-order valence-corrected chi connectivity index (χ2v) is 8.66. The number of nitrogens with one attached hydrogen (secondary N) is 1. The number of aromatic nitrogens is 1. The Morgan fingerprint density at radius 1 is 1.11 bits per heavy atom. The molecule has 11 heteroatoms. The maximum Gasteiger partial charge on any atom is 0.276 e. The molecule has 3 aromatic rings. The number of carbonyl (C=O) groups is 2. The van der Waals surface area contributed by atoms with Gasteiger partial charge in [0.2, 0.25) is 5.43 Å². The van der Waals surface area contributed by atoms with E-state index in [1.54, 1.807) is 24.3 Å². The Labute approximate surface area is 203 Å². The number of nitrogens with zero attached hydrogens (tertiary/aromatic N) is 2. The van der Waals surface area contributed by atoms with E-state index in [0.717, 1.165) is 11.6 Å². The van der Waals surface area contributed by atoms with Crippen molar-refractivity contribution in [3.8, 4) is 11.5 Å². The van der Waals surface area contributed by atoms with E-state index < -0.39 is 46.4 Å². The minimum absolute atomic E-state index is 0.0110. The van der Waals surface area contributed by atoms with Crippen LogP contribution in [0.25, 0.3) is 0 Å². The molecule has 1 saturated heterocycles. The Hall–Kier alpha value is -4.25. The van der Waals surface area contributed by atoms with Crippen molar-refractivity contribution in [1.82, 2.24) is 14.8 Å². The second kappa shape index (κ2) is 9.08. The van der Waals surface area contributed by atoms with Crippen molar-refractivity contribution >= 4 is 11.8 Å². The number of hydrogen-bond donors (Lipinski definition) is 3. The summed E-state index contributed by atoms with van der Waals surface area (Å²) in [5, 5.41) is 22.5. The third kappa shape index (κ3) is 4.17. The van der Waals surface area contributed by atoms with Crippen molar-refractivity contribution in [2.24, 2.45) is 0 Å². The summed E-state index contributed by atoms with van der Waals surface area (Å²) < 4.78 is 34.0. The molecule has 0 spiro atoms. The van der Waals surface area contributed by atoms with Crippen LogP contribution >= 0.6 is 0 Å². The van der Waals surface area contributed by atoms with Gasteiger partial charge >= 0.3 is 0 Å². The summed E-state index contributed by atoms with van der Waals surface area (Å²) in [7, 11) is 0. The molecule has 1 aromatic heterocycles. The standard InChI is InChI=1S/C25H21F2N3O6/c26-15-4-3-14(19(27)8-15)9-28-24(34)18-10-29-11-20-30(25(35)21(29)23(33)22(18)32)16(12-36-20)7-13-1-5-17(31)6-2-13/h1-6,8,10,16,20,31,33H,7,9,11-12H2,(H,28,34)/t16-,20+/m0/s1. The molecule has 9 nitrogen and oxygen atoms in total. The van der Waals surface area contributed by atoms with E-state index in [2.05, 4.69) is 5.32 Å². The monoisotopic (exact) mass is 497 g/mol. The summed E-state index contributed by atoms with van der Waals surface area (Å²) in [5.41, 5.74) is -0.846. The lowest BCUT2D eigenvalue weighted by Crippen LogP contribution is -2.50. The maximum atomic E-state index is 13.9. The van der Waals surface area contributed by atoms with E-state index in [4.69, 9.17) is 4.74 Å². The number of ether oxygens (including phenoxy) is 1. The summed E-state index contributed by atoms with van der Waals surface area (Å²) in [4.78, 5) is 40.2. The Bertz CT molecular complexity index is 1420. The van der Waals surface area contributed by atoms with Gasteiger partial charge < -0.3 is 29.7 Å². The van der Waals surface area contributed by atoms with E-state index in [1.807, 2.05) is 0 Å². The van der Waals surface area contributed by atoms with Crippen molar-refractivity contribution in [3.63, 3.8) is 0 Å². The Kier molecular flexibility index (Phi) is 5.92. The maximum absolute atomic E-state index is 13.9. The fourth-order valence-electron chi connectivity index (χ4n) is 4.52. The Morgan fingerprint density at radius 2 is 1.86 bits per heavy atom. The molecule has 2 aliphatic rings. The zero-order chi connectivity index (χ0) is 25.6. The minimum Gasteiger partial charge on any atom is -0.508 e. The van der Waals surface area contributed by atoms with Crippen LogP contribution < -0.4 is 10.7 Å². The molecular formula is C25H21F2N3O6. The summed E-state index contributed by atoms with van der Waals surface area (Å²) in [6.45, 7) is -0.00838. The van der Waals surface area contributed by atoms with Gasteiger partial charge in [-0.2, -0.15) is 0 Å². The van der Waals surface area contributed by atoms with Crippen molar-refractivity contribution in [2.75, 3.05) is 6.61 Å². The number of amides is 2. The van der Waals surface area contributed by atoms with Crippen LogP contribution in [0.4, 0.5) is 8.78 Å². The van der Waals surface area contributed by atoms with Crippen LogP contribution in [0.2, 0.25) is 0 Å². The second-order valence-electron chi connectivity index (χ2n) is 8.66.